The number of anilines is 2. The molecule has 3 amide bonds. The summed E-state index contributed by atoms with van der Waals surface area (Å²) in [6.07, 6.45) is 1.35. The zero-order chi connectivity index (χ0) is 20.3. The number of aryl methyl sites for hydroxylation is 3. The topological polar surface area (TPSA) is 75.7 Å². The lowest BCUT2D eigenvalue weighted by Gasteiger charge is -2.25. The Morgan fingerprint density at radius 2 is 1.57 bits per heavy atom. The molecule has 1 aliphatic rings. The number of hydrogen-bond acceptors (Lipinski definition) is 4. The average molecular weight is 380 g/mol. The Morgan fingerprint density at radius 1 is 1.00 bits per heavy atom. The number of amides is 3. The normalized spacial score (nSPS) is 14.2. The smallest absolute Gasteiger partial charge is 0.262 e. The quantitative estimate of drug-likeness (QED) is 0.803. The number of nitrogens with one attached hydrogen (secondary N) is 1. The lowest BCUT2D eigenvalue weighted by molar-refractivity contribution is -0.129. The van der Waals surface area contributed by atoms with Crippen molar-refractivity contribution in [2.24, 2.45) is 0 Å². The van der Waals surface area contributed by atoms with E-state index < -0.39 is 0 Å². The summed E-state index contributed by atoms with van der Waals surface area (Å²) >= 11 is 0. The van der Waals surface area contributed by atoms with E-state index in [1.165, 1.54) is 4.90 Å². The summed E-state index contributed by atoms with van der Waals surface area (Å²) in [7, 11) is 0. The summed E-state index contributed by atoms with van der Waals surface area (Å²) < 4.78 is 5.69. The van der Waals surface area contributed by atoms with Gasteiger partial charge in [0, 0.05) is 18.5 Å². The minimum absolute atomic E-state index is 0.102. The molecule has 0 saturated carbocycles. The number of carbonyl (C=O) groups excluding carboxylic acids is 3. The second kappa shape index (κ2) is 8.25. The molecule has 1 heterocycles. The lowest BCUT2D eigenvalue weighted by atomic mass is 10.1. The zero-order valence-electron chi connectivity index (χ0n) is 16.4. The van der Waals surface area contributed by atoms with E-state index in [0.29, 0.717) is 30.6 Å². The van der Waals surface area contributed by atoms with Crippen molar-refractivity contribution in [3.63, 3.8) is 0 Å². The summed E-state index contributed by atoms with van der Waals surface area (Å²) in [5.41, 5.74) is 4.23. The van der Waals surface area contributed by atoms with Gasteiger partial charge in [-0.2, -0.15) is 0 Å². The van der Waals surface area contributed by atoms with Crippen LogP contribution in [0.2, 0.25) is 0 Å². The Morgan fingerprint density at radius 3 is 2.14 bits per heavy atom. The predicted octanol–water partition coefficient (Wildman–Crippen LogP) is 3.67. The van der Waals surface area contributed by atoms with Crippen LogP contribution < -0.4 is 15.0 Å². The number of ether oxygens (including phenoxy) is 1. The summed E-state index contributed by atoms with van der Waals surface area (Å²) in [5, 5.41) is 2.76. The molecule has 0 spiro atoms. The van der Waals surface area contributed by atoms with Crippen LogP contribution in [-0.4, -0.2) is 24.3 Å². The number of rotatable bonds is 5. The van der Waals surface area contributed by atoms with Gasteiger partial charge < -0.3 is 10.1 Å². The first-order valence-corrected chi connectivity index (χ1v) is 9.31. The maximum absolute atomic E-state index is 12.2. The van der Waals surface area contributed by atoms with Crippen LogP contribution in [0.25, 0.3) is 0 Å². The van der Waals surface area contributed by atoms with E-state index in [2.05, 4.69) is 5.32 Å². The Kier molecular flexibility index (Phi) is 5.78. The fourth-order valence-corrected chi connectivity index (χ4v) is 3.46. The van der Waals surface area contributed by atoms with Crippen LogP contribution in [0.3, 0.4) is 0 Å². The molecule has 1 aliphatic heterocycles. The van der Waals surface area contributed by atoms with Gasteiger partial charge in [-0.3, -0.25) is 19.3 Å². The highest BCUT2D eigenvalue weighted by molar-refractivity contribution is 6.16. The van der Waals surface area contributed by atoms with Gasteiger partial charge in [-0.15, -0.1) is 0 Å². The second-order valence-electron chi connectivity index (χ2n) is 7.09. The van der Waals surface area contributed by atoms with E-state index >= 15 is 0 Å². The molecule has 0 atom stereocenters. The van der Waals surface area contributed by atoms with Gasteiger partial charge in [-0.1, -0.05) is 17.7 Å². The maximum atomic E-state index is 12.2. The molecule has 1 fully saturated rings. The standard InChI is InChI=1S/C22H24N2O4/c1-14-11-15(2)22(16(3)12-14)28-13-19(25)23-17-7-9-18(10-8-17)24-20(26)5-4-6-21(24)27/h7-12H,4-6,13H2,1-3H3,(H,23,25). The van der Waals surface area contributed by atoms with Crippen molar-refractivity contribution >= 4 is 29.1 Å². The molecule has 0 unspecified atom stereocenters. The first-order valence-electron chi connectivity index (χ1n) is 9.31. The molecule has 2 aromatic carbocycles. The van der Waals surface area contributed by atoms with Gasteiger partial charge in [-0.25, -0.2) is 0 Å². The first kappa shape index (κ1) is 19.6. The average Bonchev–Trinajstić information content (AvgIpc) is 2.62. The van der Waals surface area contributed by atoms with E-state index in [9.17, 15) is 14.4 Å². The van der Waals surface area contributed by atoms with Crippen LogP contribution in [0, 0.1) is 20.8 Å². The molecule has 1 saturated heterocycles. The molecule has 0 bridgehead atoms. The molecule has 0 aromatic heterocycles. The third-order valence-electron chi connectivity index (χ3n) is 4.64. The molecular formula is C22H24N2O4. The van der Waals surface area contributed by atoms with Crippen LogP contribution in [0.1, 0.15) is 36.0 Å². The molecule has 3 rings (SSSR count). The van der Waals surface area contributed by atoms with Crippen molar-refractivity contribution in [3.05, 3.63) is 53.1 Å². The Labute approximate surface area is 164 Å². The maximum Gasteiger partial charge on any atom is 0.262 e. The number of benzene rings is 2. The number of carbonyl (C=O) groups is 3. The van der Waals surface area contributed by atoms with Crippen LogP contribution in [0.4, 0.5) is 11.4 Å². The van der Waals surface area contributed by atoms with Crippen molar-refractivity contribution < 1.29 is 19.1 Å². The molecule has 1 N–H and O–H groups in total. The monoisotopic (exact) mass is 380 g/mol. The van der Waals surface area contributed by atoms with Gasteiger partial charge in [0.2, 0.25) is 11.8 Å². The van der Waals surface area contributed by atoms with Gasteiger partial charge >= 0.3 is 0 Å². The van der Waals surface area contributed by atoms with Gasteiger partial charge in [0.25, 0.3) is 5.91 Å². The predicted molar refractivity (Wildman–Crippen MR) is 108 cm³/mol. The van der Waals surface area contributed by atoms with Gasteiger partial charge in [0.15, 0.2) is 6.61 Å². The minimum atomic E-state index is -0.280. The lowest BCUT2D eigenvalue weighted by Crippen LogP contribution is -2.40. The van der Waals surface area contributed by atoms with Crippen molar-refractivity contribution in [2.75, 3.05) is 16.8 Å². The van der Waals surface area contributed by atoms with E-state index in [1.807, 2.05) is 32.9 Å². The second-order valence-corrected chi connectivity index (χ2v) is 7.09. The summed E-state index contributed by atoms with van der Waals surface area (Å²) in [5.74, 6) is 0.0611. The van der Waals surface area contributed by atoms with Crippen LogP contribution in [0.5, 0.6) is 5.75 Å². The van der Waals surface area contributed by atoms with Crippen LogP contribution in [-0.2, 0) is 14.4 Å². The number of piperidine rings is 1. The van der Waals surface area contributed by atoms with Crippen molar-refractivity contribution in [2.45, 2.75) is 40.0 Å². The molecular weight excluding hydrogens is 356 g/mol. The third kappa shape index (κ3) is 4.39. The van der Waals surface area contributed by atoms with E-state index in [1.54, 1.807) is 24.3 Å². The van der Waals surface area contributed by atoms with Crippen LogP contribution in [0.15, 0.2) is 36.4 Å². The van der Waals surface area contributed by atoms with Gasteiger partial charge in [-0.05, 0) is 62.6 Å². The summed E-state index contributed by atoms with van der Waals surface area (Å²) in [6, 6.07) is 10.7. The number of hydrogen-bond donors (Lipinski definition) is 1. The van der Waals surface area contributed by atoms with Crippen molar-refractivity contribution in [1.82, 2.24) is 0 Å². The molecule has 6 heteroatoms. The highest BCUT2D eigenvalue weighted by Crippen LogP contribution is 2.25. The summed E-state index contributed by atoms with van der Waals surface area (Å²) in [4.78, 5) is 37.4. The fourth-order valence-electron chi connectivity index (χ4n) is 3.46. The summed E-state index contributed by atoms with van der Waals surface area (Å²) in [6.45, 7) is 5.82. The molecule has 0 radical (unpaired) electrons. The largest absolute Gasteiger partial charge is 0.483 e. The van der Waals surface area contributed by atoms with Gasteiger partial charge in [0.1, 0.15) is 5.75 Å². The molecule has 28 heavy (non-hydrogen) atoms. The molecule has 0 aliphatic carbocycles. The van der Waals surface area contributed by atoms with Crippen LogP contribution >= 0.6 is 0 Å². The van der Waals surface area contributed by atoms with Gasteiger partial charge in [0.05, 0.1) is 5.69 Å². The Balaban J connectivity index is 1.60. The highest BCUT2D eigenvalue weighted by Gasteiger charge is 2.27. The highest BCUT2D eigenvalue weighted by atomic mass is 16.5. The Hall–Kier alpha value is -3.15. The number of nitrogens with zero attached hydrogens (tertiary/aromatic N) is 1. The fraction of sp³-hybridized carbons (Fsp3) is 0.318. The Bertz CT molecular complexity index is 880. The molecule has 6 nitrogen and oxygen atoms in total. The van der Waals surface area contributed by atoms with Crippen molar-refractivity contribution in [1.29, 1.82) is 0 Å². The minimum Gasteiger partial charge on any atom is -0.483 e. The van der Waals surface area contributed by atoms with E-state index in [4.69, 9.17) is 4.74 Å². The number of imide groups is 1. The van der Waals surface area contributed by atoms with Crippen molar-refractivity contribution in [3.8, 4) is 5.75 Å². The van der Waals surface area contributed by atoms with E-state index in [-0.39, 0.29) is 24.3 Å². The zero-order valence-corrected chi connectivity index (χ0v) is 16.4. The third-order valence-corrected chi connectivity index (χ3v) is 4.64. The first-order chi connectivity index (χ1) is 13.3. The SMILES string of the molecule is Cc1cc(C)c(OCC(=O)Nc2ccc(N3C(=O)CCCC3=O)cc2)c(C)c1. The molecule has 146 valence electrons. The molecule has 2 aromatic rings. The van der Waals surface area contributed by atoms with E-state index in [0.717, 1.165) is 22.4 Å².